The number of likely N-dealkylation sites (tertiary alicyclic amines) is 1. The lowest BCUT2D eigenvalue weighted by Crippen LogP contribution is -2.60. The summed E-state index contributed by atoms with van der Waals surface area (Å²) < 4.78 is 11.1. The first-order valence-electron chi connectivity index (χ1n) is 15.4. The van der Waals surface area contributed by atoms with E-state index in [1.54, 1.807) is 11.1 Å². The van der Waals surface area contributed by atoms with Crippen molar-refractivity contribution in [2.75, 3.05) is 30.3 Å². The summed E-state index contributed by atoms with van der Waals surface area (Å²) in [5, 5.41) is 25.1. The van der Waals surface area contributed by atoms with E-state index in [1.165, 1.54) is 0 Å². The van der Waals surface area contributed by atoms with Crippen LogP contribution in [-0.2, 0) is 11.2 Å². The number of rotatable bonds is 5. The van der Waals surface area contributed by atoms with E-state index in [-0.39, 0.29) is 35.5 Å². The van der Waals surface area contributed by atoms with Crippen LogP contribution in [-0.4, -0.2) is 80.1 Å². The second-order valence-electron chi connectivity index (χ2n) is 14.1. The number of nitrogens with one attached hydrogen (secondary N) is 3. The molecule has 8 rings (SSSR count). The summed E-state index contributed by atoms with van der Waals surface area (Å²) in [6.45, 7) is 7.36. The van der Waals surface area contributed by atoms with Crippen molar-refractivity contribution < 1.29 is 24.0 Å². The van der Waals surface area contributed by atoms with Crippen LogP contribution < -0.4 is 16.0 Å². The van der Waals surface area contributed by atoms with Gasteiger partial charge in [0.1, 0.15) is 11.4 Å². The highest BCUT2D eigenvalue weighted by molar-refractivity contribution is 5.91. The number of hydrogen-bond donors (Lipinski definition) is 4. The molecule has 2 aromatic rings. The average molecular weight is 580 g/mol. The highest BCUT2D eigenvalue weighted by Gasteiger charge is 2.55. The van der Waals surface area contributed by atoms with Gasteiger partial charge in [-0.2, -0.15) is 4.98 Å². The summed E-state index contributed by atoms with van der Waals surface area (Å²) in [7, 11) is 0. The van der Waals surface area contributed by atoms with Crippen LogP contribution in [0.3, 0.4) is 0 Å². The summed E-state index contributed by atoms with van der Waals surface area (Å²) in [5.74, 6) is 2.02. The third-order valence-corrected chi connectivity index (χ3v) is 9.80. The summed E-state index contributed by atoms with van der Waals surface area (Å²) in [6.07, 6.45) is 8.53. The number of carbonyl (C=O) groups is 2. The van der Waals surface area contributed by atoms with Crippen LogP contribution in [0.5, 0.6) is 0 Å². The number of anilines is 2. The highest BCUT2D eigenvalue weighted by Crippen LogP contribution is 2.57. The van der Waals surface area contributed by atoms with Crippen LogP contribution in [0.25, 0.3) is 11.5 Å². The topological polar surface area (TPSA) is 155 Å². The molecule has 226 valence electrons. The van der Waals surface area contributed by atoms with Crippen LogP contribution in [0.4, 0.5) is 16.3 Å². The summed E-state index contributed by atoms with van der Waals surface area (Å²) >= 11 is 0. The van der Waals surface area contributed by atoms with Gasteiger partial charge in [-0.1, -0.05) is 5.16 Å². The zero-order valence-corrected chi connectivity index (χ0v) is 24.6. The number of piperidine rings is 1. The first kappa shape index (κ1) is 27.4. The second kappa shape index (κ2) is 10.1. The molecular formula is C30H41N7O5. The molecule has 0 spiro atoms. The van der Waals surface area contributed by atoms with E-state index in [0.717, 1.165) is 62.1 Å². The molecule has 2 aromatic heterocycles. The summed E-state index contributed by atoms with van der Waals surface area (Å²) in [6, 6.07) is -0.102. The van der Waals surface area contributed by atoms with Gasteiger partial charge in [0.2, 0.25) is 0 Å². The van der Waals surface area contributed by atoms with Crippen molar-refractivity contribution in [2.45, 2.75) is 95.4 Å². The second-order valence-corrected chi connectivity index (χ2v) is 14.1. The number of amides is 2. The molecule has 12 nitrogen and oxygen atoms in total. The van der Waals surface area contributed by atoms with E-state index in [9.17, 15) is 14.7 Å². The van der Waals surface area contributed by atoms with Gasteiger partial charge in [-0.15, -0.1) is 0 Å². The van der Waals surface area contributed by atoms with E-state index in [4.69, 9.17) is 9.26 Å². The largest absolute Gasteiger partial charge is 0.444 e. The van der Waals surface area contributed by atoms with E-state index < -0.39 is 11.5 Å². The number of carbonyl (C=O) groups excluding carboxylic acids is 2. The number of aliphatic hydroxyl groups excluding tert-OH is 1. The Morgan fingerprint density at radius 2 is 1.90 bits per heavy atom. The fraction of sp³-hybridized carbons (Fsp3) is 0.700. The molecule has 5 fully saturated rings. The summed E-state index contributed by atoms with van der Waals surface area (Å²) in [4.78, 5) is 36.3. The van der Waals surface area contributed by atoms with Crippen molar-refractivity contribution in [3.8, 4) is 11.5 Å². The van der Waals surface area contributed by atoms with Crippen LogP contribution in [0.15, 0.2) is 10.7 Å². The zero-order chi connectivity index (χ0) is 29.2. The Morgan fingerprint density at radius 1 is 1.17 bits per heavy atom. The standard InChI is InChI=1S/C30H41N7O5/c1-29(2,3)41-28(40)37-8-5-19(6-9-37)33-26(39)25-34-27(42-36-25)21-15-32-24-20(4-7-31-24)22(21)35-30-12-16-10-17(13-30)23(38)18(11-16)14-30/h15-19,23,38H,4-14H2,1-3H3,(H,33,39)(H2,31,32,35)/t16?,17-,18+,23?,30?. The molecule has 12 heteroatoms. The number of nitrogens with zero attached hydrogens (tertiary/aromatic N) is 4. The minimum atomic E-state index is -0.545. The Bertz CT molecular complexity index is 1360. The molecule has 0 radical (unpaired) electrons. The number of hydrogen-bond acceptors (Lipinski definition) is 10. The number of aromatic nitrogens is 3. The minimum absolute atomic E-state index is 0.0259. The van der Waals surface area contributed by atoms with Crippen molar-refractivity contribution in [3.05, 3.63) is 17.6 Å². The normalized spacial score (nSPS) is 30.1. The van der Waals surface area contributed by atoms with Crippen molar-refractivity contribution in [3.63, 3.8) is 0 Å². The maximum absolute atomic E-state index is 13.1. The van der Waals surface area contributed by atoms with Gasteiger partial charge in [0, 0.05) is 43.0 Å². The Balaban J connectivity index is 1.06. The Hall–Kier alpha value is -3.41. The lowest BCUT2D eigenvalue weighted by molar-refractivity contribution is -0.0960. The fourth-order valence-electron chi connectivity index (χ4n) is 8.18. The van der Waals surface area contributed by atoms with Crippen molar-refractivity contribution >= 4 is 23.5 Å². The van der Waals surface area contributed by atoms with Crippen molar-refractivity contribution in [1.82, 2.24) is 25.3 Å². The molecule has 0 aromatic carbocycles. The van der Waals surface area contributed by atoms with Crippen molar-refractivity contribution in [1.29, 1.82) is 0 Å². The minimum Gasteiger partial charge on any atom is -0.444 e. The number of pyridine rings is 1. The lowest BCUT2D eigenvalue weighted by atomic mass is 9.51. The van der Waals surface area contributed by atoms with Gasteiger partial charge in [0.05, 0.1) is 17.4 Å². The third kappa shape index (κ3) is 5.07. The van der Waals surface area contributed by atoms with Gasteiger partial charge in [0.25, 0.3) is 17.6 Å². The molecule has 1 saturated heterocycles. The van der Waals surface area contributed by atoms with E-state index in [1.807, 2.05) is 20.8 Å². The summed E-state index contributed by atoms with van der Waals surface area (Å²) in [5.41, 5.74) is 2.13. The quantitative estimate of drug-likeness (QED) is 0.413. The Morgan fingerprint density at radius 3 is 2.62 bits per heavy atom. The van der Waals surface area contributed by atoms with E-state index in [2.05, 4.69) is 31.1 Å². The van der Waals surface area contributed by atoms with Crippen LogP contribution in [0.1, 0.15) is 81.9 Å². The molecule has 4 bridgehead atoms. The lowest BCUT2D eigenvalue weighted by Gasteiger charge is -2.59. The SMILES string of the molecule is CC(C)(C)OC(=O)N1CCC(NC(=O)c2noc(-c3cnc4c(c3NC35CC6C[C@H](C3)C(O)[C@@H](C6)C5)CCN4)n2)CC1. The predicted molar refractivity (Wildman–Crippen MR) is 154 cm³/mol. The van der Waals surface area contributed by atoms with Gasteiger partial charge in [-0.25, -0.2) is 9.78 Å². The molecule has 3 unspecified atom stereocenters. The maximum atomic E-state index is 13.1. The molecular weight excluding hydrogens is 538 g/mol. The van der Waals surface area contributed by atoms with Gasteiger partial charge >= 0.3 is 6.09 Å². The molecule has 4 saturated carbocycles. The first-order chi connectivity index (χ1) is 20.1. The van der Waals surface area contributed by atoms with E-state index >= 15 is 0 Å². The maximum Gasteiger partial charge on any atom is 0.410 e. The van der Waals surface area contributed by atoms with Gasteiger partial charge in [-0.3, -0.25) is 4.79 Å². The Labute approximate surface area is 245 Å². The molecule has 2 amide bonds. The highest BCUT2D eigenvalue weighted by atomic mass is 16.6. The molecule has 2 aliphatic heterocycles. The number of aliphatic hydroxyl groups is 1. The van der Waals surface area contributed by atoms with Crippen molar-refractivity contribution in [2.24, 2.45) is 17.8 Å². The van der Waals surface area contributed by atoms with Gasteiger partial charge in [0.15, 0.2) is 0 Å². The van der Waals surface area contributed by atoms with Crippen LogP contribution >= 0.6 is 0 Å². The fourth-order valence-corrected chi connectivity index (χ4v) is 8.18. The molecule has 4 aliphatic carbocycles. The first-order valence-corrected chi connectivity index (χ1v) is 15.4. The predicted octanol–water partition coefficient (Wildman–Crippen LogP) is 3.58. The molecule has 42 heavy (non-hydrogen) atoms. The molecule has 6 aliphatic rings. The van der Waals surface area contributed by atoms with E-state index in [0.29, 0.717) is 49.2 Å². The molecule has 4 N–H and O–H groups in total. The van der Waals surface area contributed by atoms with Gasteiger partial charge < -0.3 is 35.2 Å². The smallest absolute Gasteiger partial charge is 0.410 e. The molecule has 5 atom stereocenters. The van der Waals surface area contributed by atoms with Crippen LogP contribution in [0, 0.1) is 17.8 Å². The third-order valence-electron chi connectivity index (χ3n) is 9.80. The monoisotopic (exact) mass is 579 g/mol. The average Bonchev–Trinajstić information content (AvgIpc) is 3.61. The number of fused-ring (bicyclic) bond motifs is 1. The Kier molecular flexibility index (Phi) is 6.59. The number of ether oxygens (including phenoxy) is 1. The molecule has 4 heterocycles. The zero-order valence-electron chi connectivity index (χ0n) is 24.6. The van der Waals surface area contributed by atoms with Gasteiger partial charge in [-0.05, 0) is 89.9 Å². The van der Waals surface area contributed by atoms with Crippen LogP contribution in [0.2, 0.25) is 0 Å².